The Labute approximate surface area is 223 Å². The van der Waals surface area contributed by atoms with E-state index in [2.05, 4.69) is 15.8 Å². The van der Waals surface area contributed by atoms with Gasteiger partial charge in [0.15, 0.2) is 0 Å². The van der Waals surface area contributed by atoms with Crippen molar-refractivity contribution in [3.63, 3.8) is 0 Å². The van der Waals surface area contributed by atoms with Crippen molar-refractivity contribution >= 4 is 29.7 Å². The molecule has 1 heterocycles. The van der Waals surface area contributed by atoms with E-state index >= 15 is 0 Å². The molecule has 198 valence electrons. The van der Waals surface area contributed by atoms with Crippen LogP contribution < -0.4 is 25.8 Å². The Morgan fingerprint density at radius 3 is 2.38 bits per heavy atom. The number of hydrogen-bond acceptors (Lipinski definition) is 7. The van der Waals surface area contributed by atoms with Crippen LogP contribution in [0, 0.1) is 6.92 Å². The Morgan fingerprint density at radius 1 is 0.923 bits per heavy atom. The molecule has 2 N–H and O–H groups in total. The first kappa shape index (κ1) is 26.6. The van der Waals surface area contributed by atoms with E-state index < -0.39 is 23.3 Å². The monoisotopic (exact) mass is 527 g/mol. The third-order valence-corrected chi connectivity index (χ3v) is 5.80. The number of esters is 1. The molecule has 0 atom stereocenters. The highest BCUT2D eigenvalue weighted by molar-refractivity contribution is 6.39. The number of carbonyl (C=O) groups is 3. The molecule has 4 rings (SSSR count). The molecule has 0 bridgehead atoms. The second kappa shape index (κ2) is 11.7. The second-order valence-corrected chi connectivity index (χ2v) is 8.25. The van der Waals surface area contributed by atoms with Crippen LogP contribution in [0.2, 0.25) is 0 Å². The maximum absolute atomic E-state index is 12.9. The van der Waals surface area contributed by atoms with Gasteiger partial charge in [0, 0.05) is 12.6 Å². The molecule has 2 amide bonds. The molecule has 1 aromatic heterocycles. The normalized spacial score (nSPS) is 10.7. The van der Waals surface area contributed by atoms with Crippen molar-refractivity contribution in [2.75, 3.05) is 12.4 Å². The fourth-order valence-corrected chi connectivity index (χ4v) is 3.68. The molecule has 0 saturated heterocycles. The van der Waals surface area contributed by atoms with Gasteiger partial charge in [0.05, 0.1) is 30.3 Å². The van der Waals surface area contributed by atoms with Crippen molar-refractivity contribution < 1.29 is 23.9 Å². The summed E-state index contributed by atoms with van der Waals surface area (Å²) in [5, 5.41) is 6.17. The molecule has 0 unspecified atom stereocenters. The number of amides is 2. The first-order valence-corrected chi connectivity index (χ1v) is 11.7. The molecule has 0 fully saturated rings. The Kier molecular flexibility index (Phi) is 8.00. The number of hydrogen-bond donors (Lipinski definition) is 2. The van der Waals surface area contributed by atoms with Crippen LogP contribution in [-0.2, 0) is 16.6 Å². The first-order valence-electron chi connectivity index (χ1n) is 11.7. The maximum Gasteiger partial charge on any atom is 0.343 e. The van der Waals surface area contributed by atoms with Crippen LogP contribution >= 0.6 is 0 Å². The standard InChI is InChI=1S/C28H25N5O6/c1-18-24(27(36)33(32(18)2)21-12-5-4-6-13-21)30-25(34)26(35)31-29-17-20-10-7-8-15-23(20)39-28(37)19-11-9-14-22(16-19)38-3/h4-17H,1-3H3,(H,30,34)(H,31,35)/b29-17+. The predicted molar refractivity (Wildman–Crippen MR) is 145 cm³/mol. The number of carbonyl (C=O) groups excluding carboxylic acids is 3. The Balaban J connectivity index is 1.43. The van der Waals surface area contributed by atoms with E-state index in [1.165, 1.54) is 18.0 Å². The van der Waals surface area contributed by atoms with Gasteiger partial charge < -0.3 is 14.8 Å². The number of nitrogens with zero attached hydrogens (tertiary/aromatic N) is 3. The van der Waals surface area contributed by atoms with Crippen molar-refractivity contribution in [2.45, 2.75) is 6.92 Å². The zero-order valence-electron chi connectivity index (χ0n) is 21.4. The van der Waals surface area contributed by atoms with Crippen LogP contribution in [-0.4, -0.2) is 40.5 Å². The molecule has 0 aliphatic carbocycles. The average molecular weight is 528 g/mol. The van der Waals surface area contributed by atoms with Gasteiger partial charge in [-0.05, 0) is 49.4 Å². The lowest BCUT2D eigenvalue weighted by Crippen LogP contribution is -2.34. The molecule has 11 heteroatoms. The largest absolute Gasteiger partial charge is 0.497 e. The molecule has 11 nitrogen and oxygen atoms in total. The van der Waals surface area contributed by atoms with E-state index in [4.69, 9.17) is 9.47 Å². The number of rotatable bonds is 7. The lowest BCUT2D eigenvalue weighted by Gasteiger charge is -2.08. The summed E-state index contributed by atoms with van der Waals surface area (Å²) in [6.07, 6.45) is 1.23. The highest BCUT2D eigenvalue weighted by atomic mass is 16.5. The number of nitrogens with one attached hydrogen (secondary N) is 2. The van der Waals surface area contributed by atoms with Crippen LogP contribution in [0.5, 0.6) is 11.5 Å². The molecule has 3 aromatic carbocycles. The third kappa shape index (κ3) is 5.93. The molecule has 4 aromatic rings. The van der Waals surface area contributed by atoms with Crippen molar-refractivity contribution in [3.8, 4) is 17.2 Å². The second-order valence-electron chi connectivity index (χ2n) is 8.25. The topological polar surface area (TPSA) is 133 Å². The van der Waals surface area contributed by atoms with Gasteiger partial charge in [0.25, 0.3) is 5.56 Å². The van der Waals surface area contributed by atoms with Crippen LogP contribution in [0.1, 0.15) is 21.6 Å². The van der Waals surface area contributed by atoms with Crippen LogP contribution in [0.4, 0.5) is 5.69 Å². The first-order chi connectivity index (χ1) is 18.8. The minimum Gasteiger partial charge on any atom is -0.497 e. The van der Waals surface area contributed by atoms with Crippen molar-refractivity contribution in [2.24, 2.45) is 12.1 Å². The average Bonchev–Trinajstić information content (AvgIpc) is 3.16. The van der Waals surface area contributed by atoms with Crippen LogP contribution in [0.15, 0.2) is 88.8 Å². The minimum atomic E-state index is -1.09. The minimum absolute atomic E-state index is 0.0275. The van der Waals surface area contributed by atoms with E-state index in [0.29, 0.717) is 22.7 Å². The molecule has 0 radical (unpaired) electrons. The van der Waals surface area contributed by atoms with Gasteiger partial charge in [0.1, 0.15) is 17.2 Å². The number of ether oxygens (including phenoxy) is 2. The Bertz CT molecular complexity index is 1620. The molecule has 0 saturated carbocycles. The SMILES string of the molecule is COc1cccc(C(=O)Oc2ccccc2/C=N/NC(=O)C(=O)Nc2c(C)n(C)n(-c3ccccc3)c2=O)c1. The molecular weight excluding hydrogens is 502 g/mol. The number of benzene rings is 3. The molecule has 0 aliphatic heterocycles. The summed E-state index contributed by atoms with van der Waals surface area (Å²) in [5.41, 5.74) is 3.32. The number of aromatic nitrogens is 2. The third-order valence-electron chi connectivity index (χ3n) is 5.80. The van der Waals surface area contributed by atoms with Gasteiger partial charge in [0.2, 0.25) is 0 Å². The van der Waals surface area contributed by atoms with Gasteiger partial charge in [-0.15, -0.1) is 0 Å². The summed E-state index contributed by atoms with van der Waals surface area (Å²) in [7, 11) is 3.16. The molecule has 39 heavy (non-hydrogen) atoms. The summed E-state index contributed by atoms with van der Waals surface area (Å²) in [5.74, 6) is -2.08. The Morgan fingerprint density at radius 2 is 1.64 bits per heavy atom. The van der Waals surface area contributed by atoms with E-state index in [1.54, 1.807) is 91.4 Å². The summed E-state index contributed by atoms with van der Waals surface area (Å²) in [6, 6.07) is 21.9. The van der Waals surface area contributed by atoms with Gasteiger partial charge in [-0.25, -0.2) is 14.9 Å². The number of anilines is 1. The fraction of sp³-hybridized carbons (Fsp3) is 0.107. The quantitative estimate of drug-likeness (QED) is 0.125. The van der Waals surface area contributed by atoms with Crippen molar-refractivity contribution in [1.82, 2.24) is 14.8 Å². The van der Waals surface area contributed by atoms with Crippen LogP contribution in [0.3, 0.4) is 0 Å². The Hall–Kier alpha value is -5.45. The van der Waals surface area contributed by atoms with E-state index in [1.807, 2.05) is 6.07 Å². The van der Waals surface area contributed by atoms with Gasteiger partial charge in [-0.2, -0.15) is 5.10 Å². The van der Waals surface area contributed by atoms with E-state index in [9.17, 15) is 19.2 Å². The van der Waals surface area contributed by atoms with E-state index in [0.717, 1.165) is 0 Å². The highest BCUT2D eigenvalue weighted by Crippen LogP contribution is 2.20. The number of hydrazone groups is 1. The maximum atomic E-state index is 12.9. The molecule has 0 aliphatic rings. The fourth-order valence-electron chi connectivity index (χ4n) is 3.68. The summed E-state index contributed by atoms with van der Waals surface area (Å²) in [6.45, 7) is 1.65. The van der Waals surface area contributed by atoms with E-state index in [-0.39, 0.29) is 17.0 Å². The zero-order valence-corrected chi connectivity index (χ0v) is 21.4. The summed E-state index contributed by atoms with van der Waals surface area (Å²) >= 11 is 0. The lowest BCUT2D eigenvalue weighted by atomic mass is 10.2. The van der Waals surface area contributed by atoms with Gasteiger partial charge >= 0.3 is 17.8 Å². The van der Waals surface area contributed by atoms with Crippen molar-refractivity contribution in [3.05, 3.63) is 106 Å². The van der Waals surface area contributed by atoms with Crippen molar-refractivity contribution in [1.29, 1.82) is 0 Å². The predicted octanol–water partition coefficient (Wildman–Crippen LogP) is 2.80. The number of methoxy groups -OCH3 is 1. The van der Waals surface area contributed by atoms with Gasteiger partial charge in [-0.1, -0.05) is 36.4 Å². The lowest BCUT2D eigenvalue weighted by molar-refractivity contribution is -0.136. The highest BCUT2D eigenvalue weighted by Gasteiger charge is 2.21. The summed E-state index contributed by atoms with van der Waals surface area (Å²) in [4.78, 5) is 50.4. The van der Waals surface area contributed by atoms with Gasteiger partial charge in [-0.3, -0.25) is 19.1 Å². The smallest absolute Gasteiger partial charge is 0.343 e. The molecular formula is C28H25N5O6. The zero-order chi connectivity index (χ0) is 27.9. The summed E-state index contributed by atoms with van der Waals surface area (Å²) < 4.78 is 13.6. The number of para-hydroxylation sites is 2. The molecule has 0 spiro atoms. The van der Waals surface area contributed by atoms with Crippen LogP contribution in [0.25, 0.3) is 5.69 Å².